The van der Waals surface area contributed by atoms with E-state index in [-0.39, 0.29) is 25.9 Å². The van der Waals surface area contributed by atoms with E-state index >= 15 is 0 Å². The number of esters is 3. The van der Waals surface area contributed by atoms with Crippen LogP contribution in [0.25, 0.3) is 0 Å². The van der Waals surface area contributed by atoms with Gasteiger partial charge in [0, 0.05) is 19.3 Å². The Bertz CT molecular complexity index is 1420. The minimum Gasteiger partial charge on any atom is -0.462 e. The molecule has 12 heteroatoms. The van der Waals surface area contributed by atoms with Gasteiger partial charge < -0.3 is 24.2 Å². The maximum Gasteiger partial charge on any atom is 0.472 e. The Kier molecular flexibility index (Phi) is 57.1. The second-order valence-corrected chi connectivity index (χ2v) is 23.0. The first kappa shape index (κ1) is 73.7. The molecule has 0 rings (SSSR count). The molecule has 0 spiro atoms. The third-order valence-corrected chi connectivity index (χ3v) is 15.0. The molecule has 0 saturated carbocycles. The van der Waals surface area contributed by atoms with E-state index in [2.05, 4.69) is 57.2 Å². The number of hydrogen-bond acceptors (Lipinski definition) is 10. The highest BCUT2D eigenvalue weighted by Gasteiger charge is 2.28. The average Bonchev–Trinajstić information content (AvgIpc) is 3.41. The predicted octanol–water partition coefficient (Wildman–Crippen LogP) is 19.2. The molecule has 2 N–H and O–H groups in total. The number of phosphoric acid groups is 1. The van der Waals surface area contributed by atoms with Crippen molar-refractivity contribution < 1.29 is 52.2 Å². The fourth-order valence-corrected chi connectivity index (χ4v) is 9.97. The molecule has 0 fully saturated rings. The third-order valence-electron chi connectivity index (χ3n) is 14.1. The lowest BCUT2D eigenvalue weighted by atomic mass is 10.0. The molecule has 3 atom stereocenters. The molecule has 0 radical (unpaired) electrons. The van der Waals surface area contributed by atoms with Gasteiger partial charge in [0.15, 0.2) is 6.10 Å². The van der Waals surface area contributed by atoms with Gasteiger partial charge in [0.05, 0.1) is 19.8 Å². The second kappa shape index (κ2) is 58.8. The average molecular weight is 1100 g/mol. The summed E-state index contributed by atoms with van der Waals surface area (Å²) in [6.07, 6.45) is 62.4. The van der Waals surface area contributed by atoms with Gasteiger partial charge in [0.2, 0.25) is 0 Å². The van der Waals surface area contributed by atoms with Crippen LogP contribution in [-0.4, -0.2) is 66.5 Å². The lowest BCUT2D eigenvalue weighted by Crippen LogP contribution is -2.30. The fourth-order valence-electron chi connectivity index (χ4n) is 9.19. The molecule has 11 nitrogen and oxygen atoms in total. The highest BCUT2D eigenvalue weighted by atomic mass is 31.2. The van der Waals surface area contributed by atoms with Crippen molar-refractivity contribution in [3.63, 3.8) is 0 Å². The lowest BCUT2D eigenvalue weighted by Gasteiger charge is -2.21. The van der Waals surface area contributed by atoms with Crippen molar-refractivity contribution in [2.24, 2.45) is 0 Å². The molecule has 0 aromatic rings. The van der Waals surface area contributed by atoms with Gasteiger partial charge in [-0.05, 0) is 57.8 Å². The van der Waals surface area contributed by atoms with Gasteiger partial charge in [-0.15, -0.1) is 0 Å². The number of carbonyl (C=O) groups is 3. The first-order valence-corrected chi connectivity index (χ1v) is 33.4. The van der Waals surface area contributed by atoms with Crippen molar-refractivity contribution in [2.45, 2.75) is 328 Å². The van der Waals surface area contributed by atoms with Crippen molar-refractivity contribution in [3.8, 4) is 0 Å². The SMILES string of the molecule is CCCCC/C=C\C/C=C\C/C=C\CCCCCCCCC(=O)OCC(COP(=O)(O)OCC(CO)OC(=O)CCCCCCCCCCCCC)OC(=O)CCCCCCCCCCCCCCCCCCCCC. The van der Waals surface area contributed by atoms with E-state index in [1.165, 1.54) is 167 Å². The number of phosphoric ester groups is 1. The topological polar surface area (TPSA) is 155 Å². The van der Waals surface area contributed by atoms with Crippen molar-refractivity contribution in [1.82, 2.24) is 0 Å². The van der Waals surface area contributed by atoms with Crippen LogP contribution in [0.15, 0.2) is 36.5 Å². The maximum absolute atomic E-state index is 13.0. The zero-order valence-corrected chi connectivity index (χ0v) is 50.4. The quantitative estimate of drug-likeness (QED) is 0.0197. The highest BCUT2D eigenvalue weighted by Crippen LogP contribution is 2.43. The zero-order chi connectivity index (χ0) is 55.5. The van der Waals surface area contributed by atoms with Crippen molar-refractivity contribution in [1.29, 1.82) is 0 Å². The van der Waals surface area contributed by atoms with Crippen LogP contribution in [0.5, 0.6) is 0 Å². The van der Waals surface area contributed by atoms with Gasteiger partial charge in [-0.25, -0.2) is 4.57 Å². The van der Waals surface area contributed by atoms with Crippen LogP contribution in [-0.2, 0) is 42.2 Å². The maximum atomic E-state index is 13.0. The predicted molar refractivity (Wildman–Crippen MR) is 316 cm³/mol. The molecular formula is C64H119O11P. The first-order valence-electron chi connectivity index (χ1n) is 31.9. The van der Waals surface area contributed by atoms with Crippen molar-refractivity contribution in [3.05, 3.63) is 36.5 Å². The summed E-state index contributed by atoms with van der Waals surface area (Å²) in [7, 11) is -4.75. The van der Waals surface area contributed by atoms with E-state index < -0.39 is 57.8 Å². The molecule has 0 heterocycles. The van der Waals surface area contributed by atoms with Gasteiger partial charge in [0.25, 0.3) is 0 Å². The fraction of sp³-hybridized carbons (Fsp3) is 0.859. The molecular weight excluding hydrogens is 976 g/mol. The highest BCUT2D eigenvalue weighted by molar-refractivity contribution is 7.47. The molecule has 76 heavy (non-hydrogen) atoms. The van der Waals surface area contributed by atoms with E-state index in [4.69, 9.17) is 23.3 Å². The molecule has 0 aliphatic carbocycles. The standard InChI is InChI=1S/C64H119O11P/c1-4-7-10-13-16-19-22-24-26-28-30-32-34-36-39-41-44-47-50-53-62(66)71-57-61(75-64(68)55-52-49-46-43-40-37-35-33-31-29-27-25-23-20-17-14-11-8-5-2)59-73-76(69,70)72-58-60(56-65)74-63(67)54-51-48-45-42-38-21-18-15-12-9-6-3/h16,19,24,26,30,32,60-61,65H,4-15,17-18,20-23,25,27-29,31,33-59H2,1-3H3,(H,69,70)/b19-16-,26-24-,32-30-. The molecule has 0 aliphatic heterocycles. The van der Waals surface area contributed by atoms with Gasteiger partial charge >= 0.3 is 25.7 Å². The summed E-state index contributed by atoms with van der Waals surface area (Å²) >= 11 is 0. The summed E-state index contributed by atoms with van der Waals surface area (Å²) in [5.74, 6) is -1.45. The van der Waals surface area contributed by atoms with Gasteiger partial charge in [-0.2, -0.15) is 0 Å². The number of carbonyl (C=O) groups excluding carboxylic acids is 3. The number of ether oxygens (including phenoxy) is 3. The van der Waals surface area contributed by atoms with Crippen LogP contribution in [0, 0.1) is 0 Å². The van der Waals surface area contributed by atoms with Gasteiger partial charge in [0.1, 0.15) is 12.7 Å². The van der Waals surface area contributed by atoms with Crippen LogP contribution < -0.4 is 0 Å². The number of rotatable bonds is 60. The Morgan fingerprint density at radius 3 is 1.01 bits per heavy atom. The lowest BCUT2D eigenvalue weighted by molar-refractivity contribution is -0.161. The summed E-state index contributed by atoms with van der Waals surface area (Å²) < 4.78 is 39.6. The minimum atomic E-state index is -4.75. The van der Waals surface area contributed by atoms with E-state index in [0.717, 1.165) is 89.9 Å². The summed E-state index contributed by atoms with van der Waals surface area (Å²) in [4.78, 5) is 48.7. The Balaban J connectivity index is 4.68. The van der Waals surface area contributed by atoms with E-state index in [1.54, 1.807) is 0 Å². The van der Waals surface area contributed by atoms with Crippen molar-refractivity contribution >= 4 is 25.7 Å². The van der Waals surface area contributed by atoms with Crippen LogP contribution >= 0.6 is 7.82 Å². The Hall–Kier alpha value is -2.30. The van der Waals surface area contributed by atoms with E-state index in [0.29, 0.717) is 19.3 Å². The number of aliphatic hydroxyl groups is 1. The number of hydrogen-bond donors (Lipinski definition) is 2. The molecule has 0 aromatic carbocycles. The molecule has 3 unspecified atom stereocenters. The third kappa shape index (κ3) is 56.4. The molecule has 0 saturated heterocycles. The largest absolute Gasteiger partial charge is 0.472 e. The molecule has 0 bridgehead atoms. The van der Waals surface area contributed by atoms with Crippen LogP contribution in [0.1, 0.15) is 316 Å². The smallest absolute Gasteiger partial charge is 0.462 e. The molecule has 446 valence electrons. The van der Waals surface area contributed by atoms with E-state index in [9.17, 15) is 28.9 Å². The summed E-state index contributed by atoms with van der Waals surface area (Å²) in [6, 6.07) is 0. The summed E-state index contributed by atoms with van der Waals surface area (Å²) in [5, 5.41) is 9.82. The van der Waals surface area contributed by atoms with Gasteiger partial charge in [-0.1, -0.05) is 276 Å². The number of aliphatic hydroxyl groups excluding tert-OH is 1. The summed E-state index contributed by atoms with van der Waals surface area (Å²) in [5.41, 5.74) is 0. The van der Waals surface area contributed by atoms with E-state index in [1.807, 2.05) is 0 Å². The van der Waals surface area contributed by atoms with Crippen LogP contribution in [0.2, 0.25) is 0 Å². The molecule has 0 aromatic heterocycles. The first-order chi connectivity index (χ1) is 37.2. The van der Waals surface area contributed by atoms with Gasteiger partial charge in [-0.3, -0.25) is 23.4 Å². The van der Waals surface area contributed by atoms with Crippen LogP contribution in [0.3, 0.4) is 0 Å². The Morgan fingerprint density at radius 2 is 0.645 bits per heavy atom. The summed E-state index contributed by atoms with van der Waals surface area (Å²) in [6.45, 7) is 4.66. The number of allylic oxidation sites excluding steroid dienone is 6. The normalized spacial score (nSPS) is 13.5. The van der Waals surface area contributed by atoms with Crippen molar-refractivity contribution in [2.75, 3.05) is 26.4 Å². The second-order valence-electron chi connectivity index (χ2n) is 21.6. The minimum absolute atomic E-state index is 0.171. The molecule has 0 amide bonds. The monoisotopic (exact) mass is 1090 g/mol. The number of unbranched alkanes of at least 4 members (excludes halogenated alkanes) is 37. The molecule has 0 aliphatic rings. The Labute approximate surface area is 467 Å². The zero-order valence-electron chi connectivity index (χ0n) is 49.5. The van der Waals surface area contributed by atoms with Crippen LogP contribution in [0.4, 0.5) is 0 Å². The Morgan fingerprint density at radius 1 is 0.368 bits per heavy atom.